The first-order chi connectivity index (χ1) is 22.2. The molecule has 0 aliphatic heterocycles. The quantitative estimate of drug-likeness (QED) is 0.100. The van der Waals surface area contributed by atoms with Crippen molar-refractivity contribution >= 4 is 58.0 Å². The molecule has 0 heterocycles. The van der Waals surface area contributed by atoms with Crippen LogP contribution in [0.3, 0.4) is 0 Å². The zero-order valence-corrected chi connectivity index (χ0v) is 24.8. The zero-order chi connectivity index (χ0) is 36.9. The minimum Gasteiger partial charge on any atom is -0.478 e. The Hall–Kier alpha value is -6.60. The van der Waals surface area contributed by atoms with E-state index in [0.717, 1.165) is 24.3 Å². The summed E-state index contributed by atoms with van der Waals surface area (Å²) < 4.78 is 0. The van der Waals surface area contributed by atoms with Gasteiger partial charge in [0.2, 0.25) is 0 Å². The molecule has 18 heteroatoms. The van der Waals surface area contributed by atoms with Crippen LogP contribution < -0.4 is 34.4 Å². The van der Waals surface area contributed by atoms with Crippen LogP contribution in [0.25, 0.3) is 0 Å². The van der Waals surface area contributed by atoms with Gasteiger partial charge in [0.15, 0.2) is 12.6 Å². The number of carbonyl (C=O) groups is 4. The van der Waals surface area contributed by atoms with E-state index in [4.69, 9.17) is 75.3 Å². The maximum Gasteiger partial charge on any atom is 0.335 e. The smallest absolute Gasteiger partial charge is 0.335 e. The van der Waals surface area contributed by atoms with Gasteiger partial charge in [-0.15, -0.1) is 0 Å². The molecule has 0 atom stereocenters. The SMILES string of the molecule is Nc1cc(C(=O)O)cc(C(O)O)c1.Nc1cc(N)cc(C(=O)O)c1.Nc1cc(N)cc(N)c1.O=C(O)c1cc(C(=O)O)cc(C(O)O)c1. The summed E-state index contributed by atoms with van der Waals surface area (Å²) in [6.45, 7) is 0. The van der Waals surface area contributed by atoms with E-state index >= 15 is 0 Å². The lowest BCUT2D eigenvalue weighted by Crippen LogP contribution is -2.06. The number of rotatable bonds is 6. The average Bonchev–Trinajstić information content (AvgIpc) is 2.96. The Balaban J connectivity index is 0.000000325. The molecule has 0 saturated carbocycles. The Morgan fingerprint density at radius 2 is 0.562 bits per heavy atom. The number of carboxylic acids is 4. The summed E-state index contributed by atoms with van der Waals surface area (Å²) in [6.07, 6.45) is -3.61. The van der Waals surface area contributed by atoms with E-state index in [9.17, 15) is 19.2 Å². The van der Waals surface area contributed by atoms with Gasteiger partial charge in [0.1, 0.15) is 0 Å². The van der Waals surface area contributed by atoms with Crippen molar-refractivity contribution in [2.24, 2.45) is 0 Å². The van der Waals surface area contributed by atoms with Crippen LogP contribution in [0, 0.1) is 0 Å². The average molecular weight is 671 g/mol. The maximum absolute atomic E-state index is 10.6. The van der Waals surface area contributed by atoms with E-state index in [-0.39, 0.29) is 39.1 Å². The number of nitrogen functional groups attached to an aromatic ring is 6. The molecule has 0 radical (unpaired) electrons. The lowest BCUT2D eigenvalue weighted by atomic mass is 10.1. The van der Waals surface area contributed by atoms with Gasteiger partial charge in [0.25, 0.3) is 0 Å². The lowest BCUT2D eigenvalue weighted by Gasteiger charge is -2.06. The van der Waals surface area contributed by atoms with Crippen LogP contribution in [0.15, 0.2) is 72.8 Å². The van der Waals surface area contributed by atoms with E-state index < -0.39 is 36.5 Å². The third-order valence-corrected chi connectivity index (χ3v) is 5.49. The van der Waals surface area contributed by atoms with E-state index in [1.54, 1.807) is 18.2 Å². The number of anilines is 6. The van der Waals surface area contributed by atoms with Gasteiger partial charge < -0.3 is 75.3 Å². The minimum atomic E-state index is -1.90. The summed E-state index contributed by atoms with van der Waals surface area (Å²) in [6, 6.07) is 15.9. The van der Waals surface area contributed by atoms with Crippen molar-refractivity contribution in [2.75, 3.05) is 34.4 Å². The molecule has 0 unspecified atom stereocenters. The second-order valence-electron chi connectivity index (χ2n) is 9.52. The van der Waals surface area contributed by atoms with Crippen LogP contribution in [-0.4, -0.2) is 64.7 Å². The number of aliphatic hydroxyl groups excluding tert-OH is 2. The summed E-state index contributed by atoms with van der Waals surface area (Å²) in [4.78, 5) is 42.1. The molecule has 0 aliphatic rings. The van der Waals surface area contributed by atoms with Crippen LogP contribution in [-0.2, 0) is 0 Å². The molecule has 4 rings (SSSR count). The molecule has 0 saturated heterocycles. The first kappa shape index (κ1) is 39.4. The van der Waals surface area contributed by atoms with Crippen LogP contribution >= 0.6 is 0 Å². The van der Waals surface area contributed by atoms with Crippen molar-refractivity contribution in [1.29, 1.82) is 0 Å². The molecule has 0 bridgehead atoms. The Kier molecular flexibility index (Phi) is 14.6. The molecule has 0 amide bonds. The first-order valence-electron chi connectivity index (χ1n) is 13.0. The molecule has 0 spiro atoms. The minimum absolute atomic E-state index is 0.0666. The zero-order valence-electron chi connectivity index (χ0n) is 24.8. The second kappa shape index (κ2) is 17.8. The number of benzene rings is 4. The van der Waals surface area contributed by atoms with Gasteiger partial charge in [-0.2, -0.15) is 0 Å². The number of nitrogens with two attached hydrogens (primary N) is 6. The molecular weight excluding hydrogens is 636 g/mol. The molecule has 20 N–H and O–H groups in total. The Labute approximate surface area is 271 Å². The van der Waals surface area contributed by atoms with Gasteiger partial charge in [-0.3, -0.25) is 0 Å². The van der Waals surface area contributed by atoms with Crippen molar-refractivity contribution in [3.05, 3.63) is 106 Å². The van der Waals surface area contributed by atoms with E-state index in [1.807, 2.05) is 0 Å². The predicted octanol–water partition coefficient (Wildman–Crippen LogP) is 0.999. The molecule has 0 aromatic heterocycles. The third kappa shape index (κ3) is 13.6. The number of aliphatic hydroxyl groups is 4. The normalized spacial score (nSPS) is 9.96. The maximum atomic E-state index is 10.6. The molecule has 256 valence electrons. The van der Waals surface area contributed by atoms with Gasteiger partial charge in [0.05, 0.1) is 22.3 Å². The Morgan fingerprint density at radius 1 is 0.354 bits per heavy atom. The highest BCUT2D eigenvalue weighted by atomic mass is 16.5. The van der Waals surface area contributed by atoms with Crippen molar-refractivity contribution in [2.45, 2.75) is 12.6 Å². The van der Waals surface area contributed by atoms with Crippen molar-refractivity contribution in [1.82, 2.24) is 0 Å². The second-order valence-corrected chi connectivity index (χ2v) is 9.52. The summed E-state index contributed by atoms with van der Waals surface area (Å²) in [5.74, 6) is -4.85. The fourth-order valence-corrected chi connectivity index (χ4v) is 3.50. The number of carboxylic acid groups (broad SMARTS) is 4. The number of hydrogen-bond acceptors (Lipinski definition) is 14. The molecule has 4 aromatic carbocycles. The third-order valence-electron chi connectivity index (χ3n) is 5.49. The fraction of sp³-hybridized carbons (Fsp3) is 0.0667. The van der Waals surface area contributed by atoms with Gasteiger partial charge in [0, 0.05) is 45.3 Å². The summed E-state index contributed by atoms with van der Waals surface area (Å²) in [7, 11) is 0. The highest BCUT2D eigenvalue weighted by Crippen LogP contribution is 2.18. The van der Waals surface area contributed by atoms with Crippen LogP contribution in [0.5, 0.6) is 0 Å². The molecule has 18 nitrogen and oxygen atoms in total. The fourth-order valence-electron chi connectivity index (χ4n) is 3.50. The van der Waals surface area contributed by atoms with Gasteiger partial charge in [-0.25, -0.2) is 19.2 Å². The molecule has 48 heavy (non-hydrogen) atoms. The van der Waals surface area contributed by atoms with Gasteiger partial charge in [-0.1, -0.05) is 0 Å². The Morgan fingerprint density at radius 3 is 0.833 bits per heavy atom. The van der Waals surface area contributed by atoms with Crippen LogP contribution in [0.1, 0.15) is 65.1 Å². The van der Waals surface area contributed by atoms with Crippen LogP contribution in [0.4, 0.5) is 34.1 Å². The van der Waals surface area contributed by atoms with Gasteiger partial charge >= 0.3 is 23.9 Å². The van der Waals surface area contributed by atoms with Crippen LogP contribution in [0.2, 0.25) is 0 Å². The molecular formula is C30H34N6O12. The summed E-state index contributed by atoms with van der Waals surface area (Å²) in [5.41, 5.74) is 34.3. The van der Waals surface area contributed by atoms with E-state index in [0.29, 0.717) is 28.4 Å². The monoisotopic (exact) mass is 670 g/mol. The highest BCUT2D eigenvalue weighted by Gasteiger charge is 2.14. The number of hydrogen-bond donors (Lipinski definition) is 14. The Bertz CT molecular complexity index is 1680. The lowest BCUT2D eigenvalue weighted by molar-refractivity contribution is -0.0431. The summed E-state index contributed by atoms with van der Waals surface area (Å²) >= 11 is 0. The topological polar surface area (TPSA) is 386 Å². The molecule has 0 fully saturated rings. The number of aromatic carboxylic acids is 4. The highest BCUT2D eigenvalue weighted by molar-refractivity contribution is 5.94. The van der Waals surface area contributed by atoms with Crippen molar-refractivity contribution in [3.8, 4) is 0 Å². The van der Waals surface area contributed by atoms with Gasteiger partial charge in [-0.05, 0) is 72.8 Å². The largest absolute Gasteiger partial charge is 0.478 e. The molecule has 4 aromatic rings. The predicted molar refractivity (Wildman–Crippen MR) is 174 cm³/mol. The summed E-state index contributed by atoms with van der Waals surface area (Å²) in [5, 5.41) is 69.5. The first-order valence-corrected chi connectivity index (χ1v) is 13.0. The van der Waals surface area contributed by atoms with Crippen molar-refractivity contribution < 1.29 is 60.0 Å². The van der Waals surface area contributed by atoms with E-state index in [2.05, 4.69) is 0 Å². The standard InChI is InChI=1S/C9H8O6.C8H9NO4.C7H8N2O2.C6H9N3/c10-7(11)4-1-5(8(12)13)3-6(2-4)9(14)15;9-6-2-4(7(10)11)1-5(3-6)8(12)13;8-5-1-4(7(10)11)2-6(9)3-5;7-4-1-5(8)3-6(9)2-4/h1-3,7,10-11H,(H,12,13)(H,14,15);1-3,7,10-11H,9H2,(H,12,13);1-3H,8-9H2,(H,10,11);1-3H,7-9H2. The van der Waals surface area contributed by atoms with Crippen molar-refractivity contribution in [3.63, 3.8) is 0 Å². The van der Waals surface area contributed by atoms with E-state index in [1.165, 1.54) is 30.3 Å². The molecule has 0 aliphatic carbocycles.